The minimum atomic E-state index is -1.51. The molecule has 502 valence electrons. The summed E-state index contributed by atoms with van der Waals surface area (Å²) in [5, 5.41) is 9.74. The van der Waals surface area contributed by atoms with Crippen molar-refractivity contribution in [3.05, 3.63) is 24.3 Å². The quantitative estimate of drug-likeness (QED) is 0.0211. The number of aliphatic carboxylic acids is 1. The Morgan fingerprint density at radius 2 is 0.635 bits per heavy atom. The third-order valence-corrected chi connectivity index (χ3v) is 17.2. The Labute approximate surface area is 528 Å². The van der Waals surface area contributed by atoms with Gasteiger partial charge >= 0.3 is 17.9 Å². The van der Waals surface area contributed by atoms with E-state index < -0.39 is 18.4 Å². The minimum absolute atomic E-state index is 0.173. The van der Waals surface area contributed by atoms with Crippen molar-refractivity contribution in [2.45, 2.75) is 399 Å². The molecule has 1 N–H and O–H groups in total. The highest BCUT2D eigenvalue weighted by Gasteiger charge is 2.25. The van der Waals surface area contributed by atoms with Crippen LogP contribution in [0.5, 0.6) is 0 Å². The van der Waals surface area contributed by atoms with E-state index in [0.717, 1.165) is 44.9 Å². The Morgan fingerprint density at radius 3 is 0.929 bits per heavy atom. The van der Waals surface area contributed by atoms with Crippen LogP contribution in [0.1, 0.15) is 386 Å². The Morgan fingerprint density at radius 1 is 0.353 bits per heavy atom. The van der Waals surface area contributed by atoms with Gasteiger partial charge in [-0.3, -0.25) is 9.59 Å². The molecule has 0 saturated carbocycles. The van der Waals surface area contributed by atoms with Gasteiger partial charge in [-0.15, -0.1) is 0 Å². The van der Waals surface area contributed by atoms with E-state index in [4.69, 9.17) is 18.9 Å². The molecule has 0 aliphatic rings. The largest absolute Gasteiger partial charge is 0.477 e. The molecular weight excluding hydrogens is 1050 g/mol. The summed E-state index contributed by atoms with van der Waals surface area (Å²) in [5.74, 6) is -1.97. The number of nitrogens with zero attached hydrogens (tertiary/aromatic N) is 1. The van der Waals surface area contributed by atoms with Crippen molar-refractivity contribution in [3.8, 4) is 0 Å². The summed E-state index contributed by atoms with van der Waals surface area (Å²) in [6.07, 6.45) is 81.9. The summed E-state index contributed by atoms with van der Waals surface area (Å²) in [6, 6.07) is 0. The average molecular weight is 1200 g/mol. The third kappa shape index (κ3) is 69.1. The lowest BCUT2D eigenvalue weighted by Gasteiger charge is -2.25. The molecule has 0 aromatic carbocycles. The number of likely N-dealkylation sites (N-methyl/N-ethyl adjacent to an activating group) is 1. The lowest BCUT2D eigenvalue weighted by atomic mass is 10.0. The monoisotopic (exact) mass is 1200 g/mol. The van der Waals surface area contributed by atoms with Gasteiger partial charge in [-0.2, -0.15) is 0 Å². The maximum absolute atomic E-state index is 12.9. The molecule has 0 rings (SSSR count). The van der Waals surface area contributed by atoms with Gasteiger partial charge in [-0.1, -0.05) is 353 Å². The molecule has 0 aromatic heterocycles. The van der Waals surface area contributed by atoms with Crippen molar-refractivity contribution < 1.29 is 42.9 Å². The second-order valence-corrected chi connectivity index (χ2v) is 27.0. The fraction of sp³-hybridized carbons (Fsp3) is 0.908. The zero-order chi connectivity index (χ0) is 61.9. The first-order valence-corrected chi connectivity index (χ1v) is 37.5. The van der Waals surface area contributed by atoms with E-state index in [-0.39, 0.29) is 38.2 Å². The predicted molar refractivity (Wildman–Crippen MR) is 364 cm³/mol. The molecule has 0 aromatic rings. The Kier molecular flexibility index (Phi) is 65.9. The zero-order valence-corrected chi connectivity index (χ0v) is 57.6. The number of hydrogen-bond donors (Lipinski definition) is 1. The minimum Gasteiger partial charge on any atom is -0.477 e. The van der Waals surface area contributed by atoms with Crippen LogP contribution < -0.4 is 0 Å². The first kappa shape index (κ1) is 82.8. The van der Waals surface area contributed by atoms with Crippen molar-refractivity contribution in [2.75, 3.05) is 47.5 Å². The molecule has 0 aliphatic heterocycles. The van der Waals surface area contributed by atoms with Crippen molar-refractivity contribution in [2.24, 2.45) is 0 Å². The molecule has 85 heavy (non-hydrogen) atoms. The molecule has 0 bridgehead atoms. The van der Waals surface area contributed by atoms with E-state index in [1.165, 1.54) is 315 Å². The van der Waals surface area contributed by atoms with Crippen LogP contribution in [0.3, 0.4) is 0 Å². The van der Waals surface area contributed by atoms with Crippen LogP contribution in [0.4, 0.5) is 0 Å². The van der Waals surface area contributed by atoms with Gasteiger partial charge in [0.25, 0.3) is 6.29 Å². The smallest absolute Gasteiger partial charge is 0.361 e. The molecule has 0 fully saturated rings. The summed E-state index contributed by atoms with van der Waals surface area (Å²) in [6.45, 7) is 4.94. The molecule has 9 nitrogen and oxygen atoms in total. The van der Waals surface area contributed by atoms with Gasteiger partial charge in [0, 0.05) is 12.8 Å². The lowest BCUT2D eigenvalue weighted by Crippen LogP contribution is -2.40. The molecule has 0 amide bonds. The normalized spacial score (nSPS) is 12.7. The van der Waals surface area contributed by atoms with Crippen molar-refractivity contribution in [1.29, 1.82) is 0 Å². The molecule has 9 heteroatoms. The fourth-order valence-corrected chi connectivity index (χ4v) is 11.5. The van der Waals surface area contributed by atoms with E-state index in [1.807, 2.05) is 21.1 Å². The van der Waals surface area contributed by atoms with Gasteiger partial charge in [0.2, 0.25) is 0 Å². The highest BCUT2D eigenvalue weighted by molar-refractivity contribution is 5.71. The number of hydrogen-bond acceptors (Lipinski definition) is 7. The van der Waals surface area contributed by atoms with Crippen LogP contribution in [-0.2, 0) is 33.3 Å². The van der Waals surface area contributed by atoms with Gasteiger partial charge in [0.1, 0.15) is 13.2 Å². The van der Waals surface area contributed by atoms with E-state index >= 15 is 0 Å². The maximum Gasteiger partial charge on any atom is 0.361 e. The SMILES string of the molecule is CCCCCCC/C=C\C/C=C\CCCCCCCCCCCCCCCCCCCCCCCCCCCCCCCC(=O)OC(COC(=O)CCCCCCCCCCCCCCCCCCCCC)COC(OCC[N+](C)(C)C)C(=O)O. The topological polar surface area (TPSA) is 108 Å². The summed E-state index contributed by atoms with van der Waals surface area (Å²) in [4.78, 5) is 37.6. The van der Waals surface area contributed by atoms with Crippen molar-refractivity contribution in [3.63, 3.8) is 0 Å². The number of esters is 2. The molecule has 0 saturated heterocycles. The van der Waals surface area contributed by atoms with Crippen LogP contribution in [0, 0.1) is 0 Å². The van der Waals surface area contributed by atoms with Crippen LogP contribution in [-0.4, -0.2) is 87.4 Å². The number of allylic oxidation sites excluding steroid dienone is 4. The summed E-state index contributed by atoms with van der Waals surface area (Å²) < 4.78 is 23.0. The molecule has 2 atom stereocenters. The fourth-order valence-electron chi connectivity index (χ4n) is 11.5. The number of carbonyl (C=O) groups excluding carboxylic acids is 2. The third-order valence-electron chi connectivity index (χ3n) is 17.2. The van der Waals surface area contributed by atoms with Gasteiger partial charge < -0.3 is 28.5 Å². The highest BCUT2D eigenvalue weighted by Crippen LogP contribution is 2.20. The number of rotatable bonds is 71. The first-order valence-electron chi connectivity index (χ1n) is 37.5. The predicted octanol–water partition coefficient (Wildman–Crippen LogP) is 23.4. The molecule has 0 aliphatic carbocycles. The Hall–Kier alpha value is -2.23. The van der Waals surface area contributed by atoms with E-state index in [0.29, 0.717) is 17.4 Å². The van der Waals surface area contributed by atoms with Gasteiger partial charge in [-0.25, -0.2) is 4.79 Å². The highest BCUT2D eigenvalue weighted by atomic mass is 16.7. The van der Waals surface area contributed by atoms with E-state index in [1.54, 1.807) is 0 Å². The maximum atomic E-state index is 12.9. The van der Waals surface area contributed by atoms with Crippen LogP contribution in [0.2, 0.25) is 0 Å². The molecule has 0 heterocycles. The average Bonchev–Trinajstić information content (AvgIpc) is 3.49. The van der Waals surface area contributed by atoms with Gasteiger partial charge in [-0.05, 0) is 44.9 Å². The first-order chi connectivity index (χ1) is 41.6. The standard InChI is InChI=1S/C76H145NO8/c1-6-8-10-12-14-16-18-20-22-24-26-27-28-29-30-31-32-33-34-35-36-37-38-39-40-41-42-43-44-45-46-47-49-51-53-55-57-59-61-63-65-67-74(79)85-72(71-84-76(75(80)81)82-69-68-77(3,4)5)70-83-73(78)66-64-62-60-58-56-54-52-50-48-25-23-21-19-17-15-13-11-9-7-2/h18,20,24,26,72,76H,6-17,19,21-23,25,27-71H2,1-5H3/p+1/b20-18-,26-24-. The number of quaternary nitrogens is 1. The van der Waals surface area contributed by atoms with Gasteiger partial charge in [0.15, 0.2) is 6.10 Å². The molecule has 0 spiro atoms. The summed E-state index contributed by atoms with van der Waals surface area (Å²) in [7, 11) is 5.99. The number of carboxylic acids is 1. The Bertz CT molecular complexity index is 1440. The number of carbonyl (C=O) groups is 3. The summed E-state index contributed by atoms with van der Waals surface area (Å²) in [5.41, 5.74) is 0. The molecule has 0 radical (unpaired) electrons. The van der Waals surface area contributed by atoms with Crippen molar-refractivity contribution >= 4 is 17.9 Å². The van der Waals surface area contributed by atoms with E-state index in [9.17, 15) is 19.5 Å². The van der Waals surface area contributed by atoms with Crippen LogP contribution >= 0.6 is 0 Å². The van der Waals surface area contributed by atoms with Gasteiger partial charge in [0.05, 0.1) is 34.4 Å². The Balaban J connectivity index is 3.90. The second-order valence-electron chi connectivity index (χ2n) is 27.0. The molecule has 2 unspecified atom stereocenters. The number of unbranched alkanes of at least 4 members (excludes halogenated alkanes) is 52. The second kappa shape index (κ2) is 67.7. The zero-order valence-electron chi connectivity index (χ0n) is 57.6. The number of ether oxygens (including phenoxy) is 4. The molecular formula is C76H146NO8+. The van der Waals surface area contributed by atoms with Crippen molar-refractivity contribution in [1.82, 2.24) is 0 Å². The summed E-state index contributed by atoms with van der Waals surface area (Å²) >= 11 is 0. The van der Waals surface area contributed by atoms with E-state index in [2.05, 4.69) is 38.2 Å². The van der Waals surface area contributed by atoms with Crippen LogP contribution in [0.25, 0.3) is 0 Å². The lowest BCUT2D eigenvalue weighted by molar-refractivity contribution is -0.870. The number of carboxylic acid groups (broad SMARTS) is 1. The van der Waals surface area contributed by atoms with Crippen LogP contribution in [0.15, 0.2) is 24.3 Å².